The maximum absolute atomic E-state index is 13.4. The molecule has 344 valence electrons. The van der Waals surface area contributed by atoms with Crippen LogP contribution in [0.5, 0.6) is 0 Å². The zero-order chi connectivity index (χ0) is 45.3. The predicted octanol–water partition coefficient (Wildman–Crippen LogP) is 7.79. The maximum atomic E-state index is 13.4. The molecule has 0 spiro atoms. The number of nitrogens with one attached hydrogen (secondary N) is 3. The zero-order valence-electron chi connectivity index (χ0n) is 36.3. The van der Waals surface area contributed by atoms with Gasteiger partial charge >= 0.3 is 11.9 Å². The van der Waals surface area contributed by atoms with Crippen molar-refractivity contribution in [2.24, 2.45) is 11.8 Å². The molecule has 0 bridgehead atoms. The van der Waals surface area contributed by atoms with Crippen molar-refractivity contribution in [2.75, 3.05) is 31.6 Å². The van der Waals surface area contributed by atoms with E-state index in [4.69, 9.17) is 19.3 Å². The first-order valence-corrected chi connectivity index (χ1v) is 23.2. The van der Waals surface area contributed by atoms with Crippen LogP contribution in [0.2, 0.25) is 0 Å². The lowest BCUT2D eigenvalue weighted by atomic mass is 9.85. The molecule has 2 saturated heterocycles. The number of carbonyl (C=O) groups is 2. The second-order valence-electron chi connectivity index (χ2n) is 16.5. The Hall–Kier alpha value is -3.48. The lowest BCUT2D eigenvalue weighted by molar-refractivity contribution is -0.165. The van der Waals surface area contributed by atoms with E-state index in [0.29, 0.717) is 54.9 Å². The third kappa shape index (κ3) is 16.3. The van der Waals surface area contributed by atoms with Crippen LogP contribution in [0.1, 0.15) is 100 Å². The molecule has 16 heteroatoms. The highest BCUT2D eigenvalue weighted by Crippen LogP contribution is 2.39. The minimum Gasteiger partial charge on any atom is -0.481 e. The van der Waals surface area contributed by atoms with E-state index in [0.717, 1.165) is 77.9 Å². The molecule has 0 amide bonds. The summed E-state index contributed by atoms with van der Waals surface area (Å²) in [6.07, 6.45) is 5.51. The quantitative estimate of drug-likeness (QED) is 0.0199. The number of fused-ring (bicyclic) bond motifs is 1. The number of carboxylic acids is 1. The fourth-order valence-corrected chi connectivity index (χ4v) is 9.26. The molecule has 2 aliphatic rings. The molecular formula is C46H65BrFN3O10S. The summed E-state index contributed by atoms with van der Waals surface area (Å²) < 4.78 is 30.9. The van der Waals surface area contributed by atoms with Crippen LogP contribution >= 0.6 is 27.3 Å². The summed E-state index contributed by atoms with van der Waals surface area (Å²) in [7, 11) is 0. The van der Waals surface area contributed by atoms with Crippen molar-refractivity contribution in [3.63, 3.8) is 0 Å². The summed E-state index contributed by atoms with van der Waals surface area (Å²) in [6, 6.07) is 9.06. The van der Waals surface area contributed by atoms with Crippen molar-refractivity contribution < 1.29 is 48.6 Å². The van der Waals surface area contributed by atoms with Gasteiger partial charge in [-0.3, -0.25) is 9.59 Å². The van der Waals surface area contributed by atoms with Gasteiger partial charge in [-0.1, -0.05) is 56.9 Å². The first-order chi connectivity index (χ1) is 29.6. The smallest absolute Gasteiger partial charge is 0.330 e. The molecular weight excluding hydrogens is 885 g/mol. The number of aliphatic hydroxyl groups excluding tert-OH is 3. The molecule has 13 nitrogen and oxygen atoms in total. The number of benzene rings is 1. The second kappa shape index (κ2) is 25.7. The molecule has 5 rings (SSSR count). The van der Waals surface area contributed by atoms with Gasteiger partial charge in [-0.25, -0.2) is 9.18 Å². The van der Waals surface area contributed by atoms with E-state index in [-0.39, 0.29) is 35.9 Å². The number of aromatic nitrogens is 1. The highest BCUT2D eigenvalue weighted by Gasteiger charge is 2.48. The number of epoxide rings is 1. The number of ether oxygens (including phenoxy) is 3. The Labute approximate surface area is 376 Å². The number of hydrogen-bond donors (Lipinski definition) is 7. The molecule has 3 aromatic rings. The average Bonchev–Trinajstić information content (AvgIpc) is 3.94. The van der Waals surface area contributed by atoms with Gasteiger partial charge in [-0.05, 0) is 93.0 Å². The van der Waals surface area contributed by atoms with Crippen LogP contribution in [-0.2, 0) is 30.3 Å². The number of anilines is 1. The highest BCUT2D eigenvalue weighted by molar-refractivity contribution is 9.10. The van der Waals surface area contributed by atoms with E-state index >= 15 is 0 Å². The average molecular weight is 951 g/mol. The molecule has 0 unspecified atom stereocenters. The third-order valence-electron chi connectivity index (χ3n) is 11.4. The first kappa shape index (κ1) is 51.2. The Balaban J connectivity index is 0.000000281. The largest absolute Gasteiger partial charge is 0.481 e. The van der Waals surface area contributed by atoms with Crippen LogP contribution in [0.15, 0.2) is 57.8 Å². The number of aliphatic carboxylic acids is 1. The minimum absolute atomic E-state index is 0.00831. The number of hydrogen-bond acceptors (Lipinski definition) is 12. The number of pyridine rings is 1. The lowest BCUT2D eigenvalue weighted by Gasteiger charge is -2.38. The van der Waals surface area contributed by atoms with E-state index in [1.165, 1.54) is 17.4 Å². The van der Waals surface area contributed by atoms with Crippen LogP contribution in [0, 0.1) is 18.8 Å². The van der Waals surface area contributed by atoms with Gasteiger partial charge in [0.05, 0.1) is 54.1 Å². The number of para-hydroxylation sites is 1. The number of carboxylic acid groups (broad SMARTS) is 1. The molecule has 2 aliphatic heterocycles. The lowest BCUT2D eigenvalue weighted by Crippen LogP contribution is -2.50. The molecule has 0 saturated carbocycles. The maximum Gasteiger partial charge on any atom is 0.330 e. The Kier molecular flexibility index (Phi) is 21.2. The SMILES string of the molecule is C/C(=C\C(=O)OCCCCCCCCC(=O)O)C[C@@H]1OC[C@H](C[C@H]2O[C@H]2[C@@H](C)[C@H](C)O)[C@@H](O)[C@H]1O.C=C(F)c1sc(CNCCCNc2cc(=O)c3ccccc3[nH]2)c(C)c1Br. The normalized spacial score (nSPS) is 22.0. The zero-order valence-corrected chi connectivity index (χ0v) is 38.7. The van der Waals surface area contributed by atoms with Gasteiger partial charge in [0.1, 0.15) is 17.7 Å². The van der Waals surface area contributed by atoms with Gasteiger partial charge in [-0.2, -0.15) is 0 Å². The number of H-pyrrole nitrogens is 1. The van der Waals surface area contributed by atoms with Crippen LogP contribution < -0.4 is 16.1 Å². The summed E-state index contributed by atoms with van der Waals surface area (Å²) in [5.41, 5.74) is 2.59. The number of aliphatic hydroxyl groups is 3. The molecule has 4 heterocycles. The van der Waals surface area contributed by atoms with Gasteiger partial charge in [0.2, 0.25) is 0 Å². The molecule has 2 fully saturated rings. The number of unbranched alkanes of at least 4 members (excludes halogenated alkanes) is 5. The molecule has 0 aliphatic carbocycles. The summed E-state index contributed by atoms with van der Waals surface area (Å²) in [6.45, 7) is 13.7. The third-order valence-corrected chi connectivity index (χ3v) is 14.0. The van der Waals surface area contributed by atoms with E-state index in [1.54, 1.807) is 19.9 Å². The summed E-state index contributed by atoms with van der Waals surface area (Å²) in [4.78, 5) is 39.5. The summed E-state index contributed by atoms with van der Waals surface area (Å²) in [5, 5.41) is 46.8. The van der Waals surface area contributed by atoms with Crippen molar-refractivity contribution in [3.05, 3.63) is 78.6 Å². The Morgan fingerprint density at radius 3 is 2.48 bits per heavy atom. The number of halogens is 2. The van der Waals surface area contributed by atoms with Gasteiger partial charge in [0.25, 0.3) is 0 Å². The standard InChI is InChI=1S/C26H44O9.C20H21BrFN3OS/c1-16(13-23(30)33-11-9-7-5-4-6-8-10-22(28)29)12-20-25(32)24(31)19(15-34-20)14-21-26(35-21)17(2)18(3)27;1-12-17(27-20(13(2)22)19(12)21)11-23-8-5-9-24-18-10-16(26)14-6-3-4-7-15(14)25-18/h13,17-21,24-27,31-32H,4-12,14-15H2,1-3H3,(H,28,29);3-4,6-7,10,23H,2,5,8-9,11H2,1H3,(H2,24,25,26)/b16-13+;/t17-,18-,19-,20-,21+,24+,25-,26-;/m0./s1. The molecule has 0 radical (unpaired) electrons. The Morgan fingerprint density at radius 2 is 1.79 bits per heavy atom. The summed E-state index contributed by atoms with van der Waals surface area (Å²) >= 11 is 4.85. The molecule has 2 aromatic heterocycles. The minimum atomic E-state index is -1.06. The van der Waals surface area contributed by atoms with Gasteiger partial charge < -0.3 is 50.3 Å². The van der Waals surface area contributed by atoms with Gasteiger partial charge in [0, 0.05) is 58.2 Å². The molecule has 7 N–H and O–H groups in total. The van der Waals surface area contributed by atoms with Crippen molar-refractivity contribution >= 4 is 61.8 Å². The van der Waals surface area contributed by atoms with E-state index < -0.39 is 42.2 Å². The van der Waals surface area contributed by atoms with Crippen LogP contribution in [0.25, 0.3) is 16.7 Å². The molecule has 1 aromatic carbocycles. The topological polar surface area (TPSA) is 203 Å². The number of aromatic amines is 1. The number of carbonyl (C=O) groups excluding carboxylic acids is 1. The first-order valence-electron chi connectivity index (χ1n) is 21.6. The van der Waals surface area contributed by atoms with Crippen molar-refractivity contribution in [3.8, 4) is 0 Å². The molecule has 8 atom stereocenters. The van der Waals surface area contributed by atoms with Crippen LogP contribution in [-0.4, -0.2) is 100 Å². The van der Waals surface area contributed by atoms with Crippen LogP contribution in [0.4, 0.5) is 10.2 Å². The second-order valence-corrected chi connectivity index (χ2v) is 18.4. The highest BCUT2D eigenvalue weighted by atomic mass is 79.9. The fraction of sp³-hybridized carbons (Fsp3) is 0.587. The van der Waals surface area contributed by atoms with Crippen molar-refractivity contribution in [2.45, 2.75) is 135 Å². The predicted molar refractivity (Wildman–Crippen MR) is 245 cm³/mol. The monoisotopic (exact) mass is 949 g/mol. The van der Waals surface area contributed by atoms with E-state index in [2.05, 4.69) is 38.1 Å². The van der Waals surface area contributed by atoms with Crippen molar-refractivity contribution in [1.82, 2.24) is 10.3 Å². The number of thiophene rings is 1. The Morgan fingerprint density at radius 1 is 1.08 bits per heavy atom. The fourth-order valence-electron chi connectivity index (χ4n) is 7.40. The molecule has 62 heavy (non-hydrogen) atoms. The van der Waals surface area contributed by atoms with Gasteiger partial charge in [0.15, 0.2) is 5.43 Å². The van der Waals surface area contributed by atoms with E-state index in [9.17, 15) is 34.1 Å². The van der Waals surface area contributed by atoms with Gasteiger partial charge in [-0.15, -0.1) is 11.3 Å². The summed E-state index contributed by atoms with van der Waals surface area (Å²) in [5.74, 6) is -1.10. The van der Waals surface area contributed by atoms with Crippen LogP contribution in [0.3, 0.4) is 0 Å². The van der Waals surface area contributed by atoms with Crippen molar-refractivity contribution in [1.29, 1.82) is 0 Å². The Bertz CT molecular complexity index is 2010. The number of rotatable bonds is 24. The van der Waals surface area contributed by atoms with E-state index in [1.807, 2.05) is 38.1 Å². The number of esters is 1.